The first-order valence-electron chi connectivity index (χ1n) is 24.1. The fourth-order valence-electron chi connectivity index (χ4n) is 10.3. The number of aliphatic hydroxyl groups excluding tert-OH is 3. The number of hydrogen-bond acceptors (Lipinski definition) is 13. The van der Waals surface area contributed by atoms with Crippen LogP contribution in [0.5, 0.6) is 0 Å². The molecule has 14 nitrogen and oxygen atoms in total. The molecule has 14 heteroatoms. The van der Waals surface area contributed by atoms with Gasteiger partial charge in [0, 0.05) is 58.5 Å². The first kappa shape index (κ1) is 54.5. The standard InChI is InChI=1S/C51H81NO13/c1-30-16-12-11-13-17-31(2)42(61-8)28-38-21-19-36(7)51(60,65-38)48(57)49(58)52-23-15-14-18-39(52)50(59)64-43(33(4)26-37-20-22-40(53)44(27-37)62-9)29-41(54)32(3)25-35(6)46(56)47(63-10)45(55)34(5)24-30/h11-13,16-17,25,30,33-40,42-44,46-48,53,56-57,60H,14-15,18-24,26-29H2,1-10H3/t30-,33-,34-,35?,36-,37+,38+,39?,40-,42+,43+,44-,46-,47+,48+,51-/m1/s1. The highest BCUT2D eigenvalue weighted by atomic mass is 16.6. The van der Waals surface area contributed by atoms with Crippen LogP contribution in [0.3, 0.4) is 0 Å². The summed E-state index contributed by atoms with van der Waals surface area (Å²) in [5.41, 5.74) is 1.23. The minimum absolute atomic E-state index is 0.0291. The summed E-state index contributed by atoms with van der Waals surface area (Å²) in [6.45, 7) is 12.9. The highest BCUT2D eigenvalue weighted by molar-refractivity contribution is 5.95. The Morgan fingerprint density at radius 1 is 0.862 bits per heavy atom. The van der Waals surface area contributed by atoms with E-state index in [0.29, 0.717) is 63.4 Å². The van der Waals surface area contributed by atoms with Gasteiger partial charge in [-0.25, -0.2) is 4.79 Å². The minimum Gasteiger partial charge on any atom is -0.460 e. The Balaban J connectivity index is 1.70. The summed E-state index contributed by atoms with van der Waals surface area (Å²) >= 11 is 0. The van der Waals surface area contributed by atoms with E-state index in [0.717, 1.165) is 12.0 Å². The number of methoxy groups -OCH3 is 3. The number of amides is 1. The molecule has 0 spiro atoms. The van der Waals surface area contributed by atoms with Crippen LogP contribution in [0, 0.1) is 35.5 Å². The van der Waals surface area contributed by atoms with Crippen molar-refractivity contribution in [3.63, 3.8) is 0 Å². The van der Waals surface area contributed by atoms with E-state index < -0.39 is 78.1 Å². The first-order chi connectivity index (χ1) is 30.7. The normalized spacial score (nSPS) is 39.0. The number of ketones is 2. The van der Waals surface area contributed by atoms with Crippen molar-refractivity contribution in [3.05, 3.63) is 47.6 Å². The van der Waals surface area contributed by atoms with E-state index in [1.165, 1.54) is 12.0 Å². The zero-order chi connectivity index (χ0) is 48.2. The molecule has 3 aliphatic heterocycles. The Morgan fingerprint density at radius 3 is 2.26 bits per heavy atom. The highest BCUT2D eigenvalue weighted by Crippen LogP contribution is 2.39. The summed E-state index contributed by atoms with van der Waals surface area (Å²) in [7, 11) is 4.55. The molecule has 0 radical (unpaired) electrons. The number of fused-ring (bicyclic) bond motifs is 3. The van der Waals surface area contributed by atoms with Crippen LogP contribution in [0.25, 0.3) is 0 Å². The van der Waals surface area contributed by atoms with E-state index in [2.05, 4.69) is 0 Å². The highest BCUT2D eigenvalue weighted by Gasteiger charge is 2.53. The molecule has 0 aromatic rings. The average Bonchev–Trinajstić information content (AvgIpc) is 3.28. The van der Waals surface area contributed by atoms with Crippen LogP contribution in [0.2, 0.25) is 0 Å². The van der Waals surface area contributed by atoms with Crippen molar-refractivity contribution in [3.8, 4) is 0 Å². The van der Waals surface area contributed by atoms with Gasteiger partial charge >= 0.3 is 5.97 Å². The number of cyclic esters (lactones) is 1. The molecule has 16 atom stereocenters. The third-order valence-corrected chi connectivity index (χ3v) is 14.7. The molecular weight excluding hydrogens is 835 g/mol. The molecule has 1 saturated carbocycles. The molecule has 2 saturated heterocycles. The molecule has 4 aliphatic rings. The lowest BCUT2D eigenvalue weighted by Gasteiger charge is -2.46. The summed E-state index contributed by atoms with van der Waals surface area (Å²) in [6, 6.07) is -1.08. The Kier molecular flexibility index (Phi) is 21.3. The van der Waals surface area contributed by atoms with E-state index >= 15 is 0 Å². The average molecular weight is 916 g/mol. The lowest BCUT2D eigenvalue weighted by atomic mass is 9.78. The minimum atomic E-state index is -2.23. The summed E-state index contributed by atoms with van der Waals surface area (Å²) in [6.07, 6.45) is 9.77. The molecule has 2 bridgehead atoms. The Morgan fingerprint density at radius 2 is 1.58 bits per heavy atom. The molecular formula is C51H81NO13. The summed E-state index contributed by atoms with van der Waals surface area (Å²) in [4.78, 5) is 57.8. The predicted octanol–water partition coefficient (Wildman–Crippen LogP) is 5.97. The van der Waals surface area contributed by atoms with Gasteiger partial charge in [0.05, 0.1) is 30.5 Å². The summed E-state index contributed by atoms with van der Waals surface area (Å²) in [5.74, 6) is -6.20. The molecule has 4 N–H and O–H groups in total. The van der Waals surface area contributed by atoms with Crippen molar-refractivity contribution < 1.29 is 63.3 Å². The molecule has 65 heavy (non-hydrogen) atoms. The van der Waals surface area contributed by atoms with E-state index in [9.17, 15) is 39.6 Å². The van der Waals surface area contributed by atoms with Crippen molar-refractivity contribution in [2.45, 2.75) is 186 Å². The molecule has 0 aromatic carbocycles. The number of nitrogens with zero attached hydrogens (tertiary/aromatic N) is 1. The van der Waals surface area contributed by atoms with Crippen LogP contribution < -0.4 is 0 Å². The lowest BCUT2D eigenvalue weighted by molar-refractivity contribution is -0.317. The second kappa shape index (κ2) is 25.3. The van der Waals surface area contributed by atoms with Crippen LogP contribution >= 0.6 is 0 Å². The van der Waals surface area contributed by atoms with E-state index in [4.69, 9.17) is 23.7 Å². The fraction of sp³-hybridized carbons (Fsp3) is 0.765. The number of esters is 1. The van der Waals surface area contributed by atoms with E-state index in [1.807, 2.05) is 58.1 Å². The molecule has 368 valence electrons. The zero-order valence-corrected chi connectivity index (χ0v) is 40.7. The maximum absolute atomic E-state index is 14.4. The Hall–Kier alpha value is -3.08. The van der Waals surface area contributed by atoms with E-state index in [1.54, 1.807) is 41.1 Å². The molecule has 2 unspecified atom stereocenters. The molecule has 0 aromatic heterocycles. The van der Waals surface area contributed by atoms with Crippen molar-refractivity contribution in [1.82, 2.24) is 4.90 Å². The zero-order valence-electron chi connectivity index (χ0n) is 40.7. The SMILES string of the molecule is CO[C@H]1C[C@@H]2CC[C@@H](C)[C@@](O)(O2)[C@@H](O)C(=O)N2CCCCC2C(=O)O[C@H]([C@H](C)C[C@@H]2CC[C@@H](O)[C@H](OC)C2)CC(=O)C(C)=CC(C)[C@@H](O)[C@@H](OC)C(=O)[C@H](C)C[C@H](C)C=CC=CC=C1C. The smallest absolute Gasteiger partial charge is 0.329 e. The van der Waals surface area contributed by atoms with Crippen molar-refractivity contribution in [2.24, 2.45) is 35.5 Å². The van der Waals surface area contributed by atoms with Crippen LogP contribution in [0.1, 0.15) is 126 Å². The second-order valence-electron chi connectivity index (χ2n) is 19.8. The van der Waals surface area contributed by atoms with Gasteiger partial charge in [0.2, 0.25) is 5.79 Å². The topological polar surface area (TPSA) is 199 Å². The monoisotopic (exact) mass is 916 g/mol. The number of Topliss-reactive ketones (excluding diaryl/α,β-unsaturated/α-hetero) is 2. The summed E-state index contributed by atoms with van der Waals surface area (Å²) < 4.78 is 29.5. The van der Waals surface area contributed by atoms with E-state index in [-0.39, 0.29) is 60.9 Å². The lowest BCUT2D eigenvalue weighted by Crippen LogP contribution is -2.63. The van der Waals surface area contributed by atoms with Crippen LogP contribution in [0.4, 0.5) is 0 Å². The molecule has 3 heterocycles. The van der Waals surface area contributed by atoms with Crippen LogP contribution in [-0.4, -0.2) is 137 Å². The number of ether oxygens (including phenoxy) is 5. The van der Waals surface area contributed by atoms with Gasteiger partial charge in [-0.05, 0) is 107 Å². The van der Waals surface area contributed by atoms with Crippen LogP contribution in [0.15, 0.2) is 47.6 Å². The Bertz CT molecular complexity index is 1710. The quantitative estimate of drug-likeness (QED) is 0.228. The summed E-state index contributed by atoms with van der Waals surface area (Å²) in [5, 5.41) is 45.7. The number of rotatable bonds is 6. The fourth-order valence-corrected chi connectivity index (χ4v) is 10.3. The number of aliphatic hydroxyl groups is 4. The number of carbonyl (C=O) groups excluding carboxylic acids is 4. The van der Waals surface area contributed by atoms with Gasteiger partial charge in [-0.1, -0.05) is 71.1 Å². The number of piperidine rings is 1. The molecule has 1 amide bonds. The predicted molar refractivity (Wildman–Crippen MR) is 246 cm³/mol. The first-order valence-corrected chi connectivity index (χ1v) is 24.1. The second-order valence-corrected chi connectivity index (χ2v) is 19.8. The number of hydrogen-bond donors (Lipinski definition) is 4. The third-order valence-electron chi connectivity index (χ3n) is 14.7. The molecule has 3 fully saturated rings. The molecule has 1 aliphatic carbocycles. The molecule has 4 rings (SSSR count). The maximum Gasteiger partial charge on any atom is 0.329 e. The van der Waals surface area contributed by atoms with Crippen LogP contribution in [-0.2, 0) is 42.9 Å². The number of allylic oxidation sites excluding steroid dienone is 6. The maximum atomic E-state index is 14.4. The van der Waals surface area contributed by atoms with Gasteiger partial charge in [0.1, 0.15) is 18.2 Å². The largest absolute Gasteiger partial charge is 0.460 e. The van der Waals surface area contributed by atoms with Gasteiger partial charge in [0.25, 0.3) is 5.91 Å². The number of carbonyl (C=O) groups is 4. The third kappa shape index (κ3) is 14.5. The van der Waals surface area contributed by atoms with Crippen molar-refractivity contribution >= 4 is 23.4 Å². The Labute approximate surface area is 387 Å². The van der Waals surface area contributed by atoms with Crippen molar-refractivity contribution in [2.75, 3.05) is 27.9 Å². The van der Waals surface area contributed by atoms with Gasteiger partial charge in [-0.2, -0.15) is 0 Å². The van der Waals surface area contributed by atoms with Gasteiger partial charge in [-0.15, -0.1) is 0 Å². The van der Waals surface area contributed by atoms with Gasteiger partial charge in [0.15, 0.2) is 17.7 Å². The van der Waals surface area contributed by atoms with Gasteiger partial charge in [-0.3, -0.25) is 14.4 Å². The van der Waals surface area contributed by atoms with Gasteiger partial charge < -0.3 is 49.0 Å². The van der Waals surface area contributed by atoms with Crippen molar-refractivity contribution in [1.29, 1.82) is 0 Å².